The van der Waals surface area contributed by atoms with Crippen LogP contribution in [0, 0.1) is 0 Å². The van der Waals surface area contributed by atoms with Gasteiger partial charge >= 0.3 is 0 Å². The van der Waals surface area contributed by atoms with E-state index >= 15 is 0 Å². The number of nitrogens with zero attached hydrogens (tertiary/aromatic N) is 2. The highest BCUT2D eigenvalue weighted by Gasteiger charge is 2.07. The van der Waals surface area contributed by atoms with Crippen LogP contribution < -0.4 is 5.56 Å². The van der Waals surface area contributed by atoms with Crippen LogP contribution in [0.4, 0.5) is 0 Å². The van der Waals surface area contributed by atoms with Crippen molar-refractivity contribution in [3.05, 3.63) is 21.7 Å². The normalized spacial score (nSPS) is 11.0. The van der Waals surface area contributed by atoms with E-state index < -0.39 is 0 Å². The summed E-state index contributed by atoms with van der Waals surface area (Å²) in [5.41, 5.74) is -0.276. The summed E-state index contributed by atoms with van der Waals surface area (Å²) >= 11 is 7.35. The highest BCUT2D eigenvalue weighted by Crippen LogP contribution is 2.20. The summed E-state index contributed by atoms with van der Waals surface area (Å²) in [6.45, 7) is 7.31. The van der Waals surface area contributed by atoms with Crippen molar-refractivity contribution in [2.24, 2.45) is 0 Å². The van der Waals surface area contributed by atoms with Crippen molar-refractivity contribution in [1.29, 1.82) is 0 Å². The van der Waals surface area contributed by atoms with Crippen LogP contribution in [0.1, 0.15) is 13.8 Å². The maximum Gasteiger partial charge on any atom is 0.270 e. The molecule has 1 N–H and O–H groups in total. The fourth-order valence-electron chi connectivity index (χ4n) is 1.28. The molecule has 0 amide bonds. The average Bonchev–Trinajstić information content (AvgIpc) is 2.30. The summed E-state index contributed by atoms with van der Waals surface area (Å²) in [6, 6.07) is 0. The molecule has 0 saturated heterocycles. The molecule has 0 aliphatic carbocycles. The molecule has 0 spiro atoms. The van der Waals surface area contributed by atoms with Crippen LogP contribution in [0.2, 0.25) is 5.02 Å². The van der Waals surface area contributed by atoms with Gasteiger partial charge in [0.05, 0.1) is 6.33 Å². The third kappa shape index (κ3) is 3.81. The predicted molar refractivity (Wildman–Crippen MR) is 68.4 cm³/mol. The molecule has 0 unspecified atom stereocenters. The number of H-pyrrole nitrogens is 1. The minimum absolute atomic E-state index is 0.187. The first-order valence-corrected chi connectivity index (χ1v) is 6.63. The van der Waals surface area contributed by atoms with E-state index in [4.69, 9.17) is 11.6 Å². The molecule has 0 saturated carbocycles. The molecule has 0 bridgehead atoms. The predicted octanol–water partition coefficient (Wildman–Crippen LogP) is 1.86. The number of aromatic amines is 1. The van der Waals surface area contributed by atoms with Gasteiger partial charge in [0, 0.05) is 12.3 Å². The van der Waals surface area contributed by atoms with Gasteiger partial charge in [0.2, 0.25) is 0 Å². The Balaban J connectivity index is 2.49. The third-order valence-electron chi connectivity index (χ3n) is 2.31. The number of aromatic nitrogens is 2. The zero-order valence-corrected chi connectivity index (χ0v) is 11.1. The Kier molecular flexibility index (Phi) is 5.87. The molecule has 0 aromatic carbocycles. The smallest absolute Gasteiger partial charge is 0.270 e. The summed E-state index contributed by atoms with van der Waals surface area (Å²) < 4.78 is 0. The summed E-state index contributed by atoms with van der Waals surface area (Å²) in [5, 5.41) is 0.796. The van der Waals surface area contributed by atoms with Crippen LogP contribution >= 0.6 is 23.4 Å². The fraction of sp³-hybridized carbons (Fsp3) is 0.600. The maximum absolute atomic E-state index is 11.2. The molecule has 6 heteroatoms. The van der Waals surface area contributed by atoms with Gasteiger partial charge in [-0.25, -0.2) is 4.98 Å². The van der Waals surface area contributed by atoms with Gasteiger partial charge in [0.1, 0.15) is 10.0 Å². The second-order valence-corrected chi connectivity index (χ2v) is 4.69. The summed E-state index contributed by atoms with van der Waals surface area (Å²) in [5.74, 6) is 0.887. The lowest BCUT2D eigenvalue weighted by molar-refractivity contribution is 0.324. The second kappa shape index (κ2) is 6.93. The summed E-state index contributed by atoms with van der Waals surface area (Å²) in [4.78, 5) is 20.0. The number of nitrogens with one attached hydrogen (secondary N) is 1. The first-order valence-electron chi connectivity index (χ1n) is 5.27. The highest BCUT2D eigenvalue weighted by molar-refractivity contribution is 7.99. The Morgan fingerprint density at radius 3 is 2.81 bits per heavy atom. The van der Waals surface area contributed by atoms with Crippen molar-refractivity contribution >= 4 is 23.4 Å². The van der Waals surface area contributed by atoms with Crippen LogP contribution in [-0.2, 0) is 0 Å². The quantitative estimate of drug-likeness (QED) is 0.627. The lowest BCUT2D eigenvalue weighted by atomic mass is 10.5. The monoisotopic (exact) mass is 261 g/mol. The molecule has 1 rings (SSSR count). The Hall–Kier alpha value is -0.520. The molecule has 0 radical (unpaired) electrons. The van der Waals surface area contributed by atoms with Gasteiger partial charge in [0.25, 0.3) is 5.56 Å². The van der Waals surface area contributed by atoms with Crippen molar-refractivity contribution in [3.8, 4) is 0 Å². The van der Waals surface area contributed by atoms with Crippen molar-refractivity contribution in [2.45, 2.75) is 18.9 Å². The van der Waals surface area contributed by atoms with Crippen LogP contribution in [0.25, 0.3) is 0 Å². The lowest BCUT2D eigenvalue weighted by Gasteiger charge is -2.17. The second-order valence-electron chi connectivity index (χ2n) is 3.23. The zero-order valence-electron chi connectivity index (χ0n) is 9.49. The Labute approximate surface area is 104 Å². The fourth-order valence-corrected chi connectivity index (χ4v) is 2.44. The molecule has 0 aliphatic heterocycles. The van der Waals surface area contributed by atoms with E-state index in [1.165, 1.54) is 18.1 Å². The van der Waals surface area contributed by atoms with Gasteiger partial charge in [-0.3, -0.25) is 4.79 Å². The molecule has 4 nitrogen and oxygen atoms in total. The molecule has 90 valence electrons. The van der Waals surface area contributed by atoms with Gasteiger partial charge in [-0.05, 0) is 13.1 Å². The average molecular weight is 262 g/mol. The SMILES string of the molecule is CCN(CC)CCSc1nc[nH]c(=O)c1Cl. The van der Waals surface area contributed by atoms with E-state index in [-0.39, 0.29) is 10.6 Å². The number of hydrogen-bond acceptors (Lipinski definition) is 4. The van der Waals surface area contributed by atoms with E-state index in [0.717, 1.165) is 25.4 Å². The van der Waals surface area contributed by atoms with E-state index in [9.17, 15) is 4.79 Å². The zero-order chi connectivity index (χ0) is 12.0. The minimum Gasteiger partial charge on any atom is -0.312 e. The maximum atomic E-state index is 11.2. The number of hydrogen-bond donors (Lipinski definition) is 1. The summed E-state index contributed by atoms with van der Waals surface area (Å²) in [6.07, 6.45) is 1.38. The largest absolute Gasteiger partial charge is 0.312 e. The lowest BCUT2D eigenvalue weighted by Crippen LogP contribution is -2.25. The standard InChI is InChI=1S/C10H16ClN3OS/c1-3-14(4-2)5-6-16-10-8(11)9(15)12-7-13-10/h7H,3-6H2,1-2H3,(H,12,13,15). The molecule has 1 aromatic rings. The highest BCUT2D eigenvalue weighted by atomic mass is 35.5. The van der Waals surface area contributed by atoms with Crippen molar-refractivity contribution in [1.82, 2.24) is 14.9 Å². The van der Waals surface area contributed by atoms with Crippen molar-refractivity contribution < 1.29 is 0 Å². The number of rotatable bonds is 6. The van der Waals surface area contributed by atoms with E-state index in [1.54, 1.807) is 0 Å². The van der Waals surface area contributed by atoms with E-state index in [1.807, 2.05) is 0 Å². The first kappa shape index (κ1) is 13.5. The topological polar surface area (TPSA) is 49.0 Å². The molecular formula is C10H16ClN3OS. The minimum atomic E-state index is -0.276. The number of halogens is 1. The van der Waals surface area contributed by atoms with E-state index in [0.29, 0.717) is 5.03 Å². The van der Waals surface area contributed by atoms with E-state index in [2.05, 4.69) is 28.7 Å². The Morgan fingerprint density at radius 2 is 2.19 bits per heavy atom. The molecular weight excluding hydrogens is 246 g/mol. The van der Waals surface area contributed by atoms with Gasteiger partial charge in [0.15, 0.2) is 0 Å². The summed E-state index contributed by atoms with van der Waals surface area (Å²) in [7, 11) is 0. The van der Waals surface area contributed by atoms with Gasteiger partial charge in [-0.1, -0.05) is 25.4 Å². The molecule has 0 fully saturated rings. The van der Waals surface area contributed by atoms with Crippen molar-refractivity contribution in [2.75, 3.05) is 25.4 Å². The molecule has 0 atom stereocenters. The van der Waals surface area contributed by atoms with Gasteiger partial charge in [-0.2, -0.15) is 0 Å². The Morgan fingerprint density at radius 1 is 1.50 bits per heavy atom. The van der Waals surface area contributed by atoms with Gasteiger partial charge < -0.3 is 9.88 Å². The van der Waals surface area contributed by atoms with Gasteiger partial charge in [-0.15, -0.1) is 11.8 Å². The van der Waals surface area contributed by atoms with Crippen LogP contribution in [0.5, 0.6) is 0 Å². The first-order chi connectivity index (χ1) is 7.69. The third-order valence-corrected chi connectivity index (χ3v) is 3.74. The number of thioether (sulfide) groups is 1. The van der Waals surface area contributed by atoms with Crippen LogP contribution in [-0.4, -0.2) is 40.3 Å². The molecule has 1 heterocycles. The Bertz CT molecular complexity index is 379. The van der Waals surface area contributed by atoms with Crippen LogP contribution in [0.15, 0.2) is 16.1 Å². The molecule has 1 aromatic heterocycles. The van der Waals surface area contributed by atoms with Crippen LogP contribution in [0.3, 0.4) is 0 Å². The molecule has 0 aliphatic rings. The van der Waals surface area contributed by atoms with Crippen molar-refractivity contribution in [3.63, 3.8) is 0 Å². The molecule has 16 heavy (non-hydrogen) atoms.